The van der Waals surface area contributed by atoms with Gasteiger partial charge in [-0.05, 0) is 31.2 Å². The van der Waals surface area contributed by atoms with Gasteiger partial charge in [0, 0.05) is 30.1 Å². The molecule has 0 aliphatic heterocycles. The topological polar surface area (TPSA) is 30.9 Å². The summed E-state index contributed by atoms with van der Waals surface area (Å²) in [7, 11) is 0. The lowest BCUT2D eigenvalue weighted by molar-refractivity contribution is 0.625. The van der Waals surface area contributed by atoms with Crippen molar-refractivity contribution >= 4 is 10.9 Å². The summed E-state index contributed by atoms with van der Waals surface area (Å²) in [4.78, 5) is 0. The molecule has 0 saturated carbocycles. The van der Waals surface area contributed by atoms with Crippen molar-refractivity contribution in [1.82, 2.24) is 4.57 Å². The van der Waals surface area contributed by atoms with E-state index in [-0.39, 0.29) is 5.82 Å². The van der Waals surface area contributed by atoms with Crippen LogP contribution in [0, 0.1) is 5.82 Å². The number of aromatic nitrogens is 1. The number of hydrogen-bond donors (Lipinski definition) is 1. The summed E-state index contributed by atoms with van der Waals surface area (Å²) in [6.45, 7) is 5.61. The first-order chi connectivity index (χ1) is 7.67. The van der Waals surface area contributed by atoms with Crippen molar-refractivity contribution < 1.29 is 4.39 Å². The predicted octanol–water partition coefficient (Wildman–Crippen LogP) is 2.86. The van der Waals surface area contributed by atoms with E-state index in [1.54, 1.807) is 6.07 Å². The standard InChI is InChI=1S/C13H17FN2/c1-3-16-12(9(2)8-15)6-10-4-5-11(14)7-13(10)16/h4-7,9H,3,8,15H2,1-2H3. The Morgan fingerprint density at radius 3 is 2.75 bits per heavy atom. The van der Waals surface area contributed by atoms with E-state index in [0.29, 0.717) is 12.5 Å². The van der Waals surface area contributed by atoms with Crippen molar-refractivity contribution in [1.29, 1.82) is 0 Å². The molecule has 0 saturated heterocycles. The van der Waals surface area contributed by atoms with Crippen LogP contribution in [0.5, 0.6) is 0 Å². The summed E-state index contributed by atoms with van der Waals surface area (Å²) in [5, 5.41) is 1.08. The first-order valence-corrected chi connectivity index (χ1v) is 5.66. The quantitative estimate of drug-likeness (QED) is 0.847. The number of nitrogens with two attached hydrogens (primary N) is 1. The second-order valence-electron chi connectivity index (χ2n) is 4.15. The molecule has 2 nitrogen and oxygen atoms in total. The van der Waals surface area contributed by atoms with Gasteiger partial charge in [0.05, 0.1) is 5.52 Å². The molecule has 86 valence electrons. The molecule has 0 aliphatic rings. The molecule has 2 aromatic rings. The van der Waals surface area contributed by atoms with E-state index in [1.807, 2.05) is 6.07 Å². The largest absolute Gasteiger partial charge is 0.344 e. The molecule has 1 aromatic heterocycles. The molecule has 1 aromatic carbocycles. The fourth-order valence-corrected chi connectivity index (χ4v) is 2.13. The lowest BCUT2D eigenvalue weighted by Gasteiger charge is -2.12. The monoisotopic (exact) mass is 220 g/mol. The van der Waals surface area contributed by atoms with E-state index in [4.69, 9.17) is 5.73 Å². The van der Waals surface area contributed by atoms with Gasteiger partial charge >= 0.3 is 0 Å². The number of nitrogens with zero attached hydrogens (tertiary/aromatic N) is 1. The van der Waals surface area contributed by atoms with Gasteiger partial charge in [0.2, 0.25) is 0 Å². The van der Waals surface area contributed by atoms with Gasteiger partial charge in [-0.2, -0.15) is 0 Å². The molecule has 0 fully saturated rings. The zero-order valence-electron chi connectivity index (χ0n) is 9.70. The Kier molecular flexibility index (Phi) is 2.97. The number of benzene rings is 1. The first kappa shape index (κ1) is 11.1. The molecule has 0 spiro atoms. The lowest BCUT2D eigenvalue weighted by atomic mass is 10.1. The zero-order valence-corrected chi connectivity index (χ0v) is 9.70. The van der Waals surface area contributed by atoms with Crippen molar-refractivity contribution in [3.63, 3.8) is 0 Å². The molecule has 0 aliphatic carbocycles. The fourth-order valence-electron chi connectivity index (χ4n) is 2.13. The molecule has 3 heteroatoms. The third kappa shape index (κ3) is 1.71. The van der Waals surface area contributed by atoms with Crippen LogP contribution in [0.4, 0.5) is 4.39 Å². The highest BCUT2D eigenvalue weighted by atomic mass is 19.1. The number of hydrogen-bond acceptors (Lipinski definition) is 1. The Balaban J connectivity index is 2.66. The molecule has 0 bridgehead atoms. The normalized spacial score (nSPS) is 13.2. The molecule has 2 rings (SSSR count). The van der Waals surface area contributed by atoms with Crippen LogP contribution < -0.4 is 5.73 Å². The van der Waals surface area contributed by atoms with Crippen molar-refractivity contribution in [3.05, 3.63) is 35.8 Å². The average molecular weight is 220 g/mol. The Hall–Kier alpha value is -1.35. The van der Waals surface area contributed by atoms with Crippen LogP contribution in [-0.4, -0.2) is 11.1 Å². The maximum Gasteiger partial charge on any atom is 0.125 e. The van der Waals surface area contributed by atoms with Gasteiger partial charge < -0.3 is 10.3 Å². The van der Waals surface area contributed by atoms with Crippen LogP contribution in [0.1, 0.15) is 25.5 Å². The SMILES string of the molecule is CCn1c(C(C)CN)cc2ccc(F)cc21. The van der Waals surface area contributed by atoms with Crippen molar-refractivity contribution in [3.8, 4) is 0 Å². The van der Waals surface area contributed by atoms with E-state index in [1.165, 1.54) is 11.8 Å². The summed E-state index contributed by atoms with van der Waals surface area (Å²) in [5.74, 6) is 0.114. The lowest BCUT2D eigenvalue weighted by Crippen LogP contribution is -2.13. The number of halogens is 1. The van der Waals surface area contributed by atoms with Crippen molar-refractivity contribution in [2.24, 2.45) is 5.73 Å². The third-order valence-electron chi connectivity index (χ3n) is 3.07. The number of fused-ring (bicyclic) bond motifs is 1. The summed E-state index contributed by atoms with van der Waals surface area (Å²) in [6.07, 6.45) is 0. The van der Waals surface area contributed by atoms with E-state index in [2.05, 4.69) is 24.5 Å². The van der Waals surface area contributed by atoms with Crippen LogP contribution in [0.25, 0.3) is 10.9 Å². The van der Waals surface area contributed by atoms with Gasteiger partial charge in [0.25, 0.3) is 0 Å². The smallest absolute Gasteiger partial charge is 0.125 e. The van der Waals surface area contributed by atoms with E-state index >= 15 is 0 Å². The number of rotatable bonds is 3. The predicted molar refractivity (Wildman–Crippen MR) is 65.0 cm³/mol. The second kappa shape index (κ2) is 4.26. The summed E-state index contributed by atoms with van der Waals surface area (Å²) >= 11 is 0. The summed E-state index contributed by atoms with van der Waals surface area (Å²) in [5.41, 5.74) is 7.83. The highest BCUT2D eigenvalue weighted by Gasteiger charge is 2.12. The molecule has 1 heterocycles. The van der Waals surface area contributed by atoms with Crippen LogP contribution in [0.3, 0.4) is 0 Å². The minimum Gasteiger partial charge on any atom is -0.344 e. The Labute approximate surface area is 94.9 Å². The minimum atomic E-state index is -0.188. The molecule has 1 atom stereocenters. The van der Waals surface area contributed by atoms with Crippen molar-refractivity contribution in [2.45, 2.75) is 26.3 Å². The van der Waals surface area contributed by atoms with Gasteiger partial charge in [0.1, 0.15) is 5.82 Å². The van der Waals surface area contributed by atoms with Crippen LogP contribution >= 0.6 is 0 Å². The second-order valence-corrected chi connectivity index (χ2v) is 4.15. The highest BCUT2D eigenvalue weighted by molar-refractivity contribution is 5.81. The van der Waals surface area contributed by atoms with Crippen LogP contribution in [-0.2, 0) is 6.54 Å². The molecular formula is C13H17FN2. The van der Waals surface area contributed by atoms with Gasteiger partial charge in [-0.3, -0.25) is 0 Å². The summed E-state index contributed by atoms with van der Waals surface area (Å²) < 4.78 is 15.3. The van der Waals surface area contributed by atoms with Gasteiger partial charge in [-0.25, -0.2) is 4.39 Å². The molecular weight excluding hydrogens is 203 g/mol. The highest BCUT2D eigenvalue weighted by Crippen LogP contribution is 2.25. The van der Waals surface area contributed by atoms with Crippen LogP contribution in [0.15, 0.2) is 24.3 Å². The molecule has 0 amide bonds. The molecule has 2 N–H and O–H groups in total. The fraction of sp³-hybridized carbons (Fsp3) is 0.385. The molecule has 1 unspecified atom stereocenters. The van der Waals surface area contributed by atoms with Crippen LogP contribution in [0.2, 0.25) is 0 Å². The maximum absolute atomic E-state index is 13.2. The first-order valence-electron chi connectivity index (χ1n) is 5.66. The Morgan fingerprint density at radius 2 is 2.12 bits per heavy atom. The van der Waals surface area contributed by atoms with E-state index < -0.39 is 0 Å². The molecule has 0 radical (unpaired) electrons. The average Bonchev–Trinajstić information content (AvgIpc) is 2.65. The van der Waals surface area contributed by atoms with E-state index in [9.17, 15) is 4.39 Å². The van der Waals surface area contributed by atoms with Crippen molar-refractivity contribution in [2.75, 3.05) is 6.54 Å². The molecule has 16 heavy (non-hydrogen) atoms. The maximum atomic E-state index is 13.2. The minimum absolute atomic E-state index is 0.188. The van der Waals surface area contributed by atoms with Gasteiger partial charge in [-0.15, -0.1) is 0 Å². The van der Waals surface area contributed by atoms with Gasteiger partial charge in [-0.1, -0.05) is 6.92 Å². The van der Waals surface area contributed by atoms with Gasteiger partial charge in [0.15, 0.2) is 0 Å². The zero-order chi connectivity index (χ0) is 11.7. The summed E-state index contributed by atoms with van der Waals surface area (Å²) in [6, 6.07) is 7.02. The van der Waals surface area contributed by atoms with E-state index in [0.717, 1.165) is 17.4 Å². The number of aryl methyl sites for hydroxylation is 1. The Bertz CT molecular complexity index is 502. The Morgan fingerprint density at radius 1 is 1.38 bits per heavy atom. The third-order valence-corrected chi connectivity index (χ3v) is 3.07.